The number of esters is 1. The van der Waals surface area contributed by atoms with Gasteiger partial charge in [0.25, 0.3) is 0 Å². The van der Waals surface area contributed by atoms with E-state index in [-0.39, 0.29) is 35.0 Å². The van der Waals surface area contributed by atoms with Crippen LogP contribution in [0.15, 0.2) is 23.1 Å². The molecule has 0 aromatic heterocycles. The summed E-state index contributed by atoms with van der Waals surface area (Å²) in [4.78, 5) is 22.6. The number of methoxy groups -OCH3 is 1. The summed E-state index contributed by atoms with van der Waals surface area (Å²) >= 11 is 5.94. The molecule has 0 radical (unpaired) electrons. The zero-order chi connectivity index (χ0) is 17.4. The molecule has 1 fully saturated rings. The Morgan fingerprint density at radius 2 is 2.04 bits per heavy atom. The number of carboxylic acids is 1. The van der Waals surface area contributed by atoms with Crippen LogP contribution in [-0.4, -0.2) is 50.0 Å². The van der Waals surface area contributed by atoms with Gasteiger partial charge in [0.15, 0.2) is 0 Å². The first-order valence-electron chi connectivity index (χ1n) is 6.73. The van der Waals surface area contributed by atoms with E-state index < -0.39 is 27.4 Å². The Bertz CT molecular complexity index is 763. The maximum Gasteiger partial charge on any atom is 0.339 e. The quantitative estimate of drug-likeness (QED) is 0.817. The Hall–Kier alpha value is -1.64. The van der Waals surface area contributed by atoms with E-state index in [1.54, 1.807) is 0 Å². The molecule has 7 nitrogen and oxygen atoms in total. The van der Waals surface area contributed by atoms with Gasteiger partial charge in [-0.15, -0.1) is 0 Å². The van der Waals surface area contributed by atoms with Gasteiger partial charge in [-0.05, 0) is 31.5 Å². The topological polar surface area (TPSA) is 101 Å². The van der Waals surface area contributed by atoms with Gasteiger partial charge in [-0.1, -0.05) is 11.6 Å². The zero-order valence-electron chi connectivity index (χ0n) is 12.6. The normalized spacial score (nSPS) is 22.0. The van der Waals surface area contributed by atoms with Crippen LogP contribution in [0, 0.1) is 5.41 Å². The first-order valence-corrected chi connectivity index (χ1v) is 8.55. The van der Waals surface area contributed by atoms with Gasteiger partial charge in [0, 0.05) is 13.1 Å². The van der Waals surface area contributed by atoms with Gasteiger partial charge >= 0.3 is 11.9 Å². The molecule has 2 rings (SSSR count). The molecule has 1 saturated heterocycles. The molecule has 0 bridgehead atoms. The van der Waals surface area contributed by atoms with Gasteiger partial charge in [0.2, 0.25) is 10.0 Å². The van der Waals surface area contributed by atoms with Gasteiger partial charge in [-0.2, -0.15) is 4.31 Å². The first kappa shape index (κ1) is 17.7. The van der Waals surface area contributed by atoms with Crippen LogP contribution in [0.3, 0.4) is 0 Å². The van der Waals surface area contributed by atoms with E-state index in [2.05, 4.69) is 4.74 Å². The molecule has 0 amide bonds. The lowest BCUT2D eigenvalue weighted by Crippen LogP contribution is -2.34. The molecule has 0 spiro atoms. The summed E-state index contributed by atoms with van der Waals surface area (Å²) in [5.74, 6) is -1.70. The number of benzene rings is 1. The smallest absolute Gasteiger partial charge is 0.339 e. The van der Waals surface area contributed by atoms with Crippen molar-refractivity contribution >= 4 is 33.6 Å². The van der Waals surface area contributed by atoms with Crippen molar-refractivity contribution in [1.82, 2.24) is 4.31 Å². The number of halogens is 1. The molecule has 1 aliphatic rings. The van der Waals surface area contributed by atoms with E-state index in [1.165, 1.54) is 32.2 Å². The van der Waals surface area contributed by atoms with Gasteiger partial charge in [0.05, 0.1) is 28.0 Å². The zero-order valence-corrected chi connectivity index (χ0v) is 14.1. The predicted octanol–water partition coefficient (Wildman–Crippen LogP) is 1.61. The van der Waals surface area contributed by atoms with Gasteiger partial charge < -0.3 is 9.84 Å². The summed E-state index contributed by atoms with van der Waals surface area (Å²) in [5.41, 5.74) is -1.05. The van der Waals surface area contributed by atoms with Crippen molar-refractivity contribution in [2.75, 3.05) is 20.2 Å². The maximum atomic E-state index is 12.6. The van der Waals surface area contributed by atoms with Crippen LogP contribution in [0.25, 0.3) is 0 Å². The van der Waals surface area contributed by atoms with Crippen molar-refractivity contribution in [2.24, 2.45) is 5.41 Å². The summed E-state index contributed by atoms with van der Waals surface area (Å²) in [6.45, 7) is 1.51. The van der Waals surface area contributed by atoms with E-state index in [0.29, 0.717) is 0 Å². The van der Waals surface area contributed by atoms with E-state index in [1.807, 2.05) is 0 Å². The molecule has 1 unspecified atom stereocenters. The van der Waals surface area contributed by atoms with Crippen LogP contribution in [0.4, 0.5) is 0 Å². The van der Waals surface area contributed by atoms with E-state index in [4.69, 9.17) is 11.6 Å². The lowest BCUT2D eigenvalue weighted by molar-refractivity contribution is -0.146. The third-order valence-corrected chi connectivity index (χ3v) is 6.09. The number of hydrogen-bond donors (Lipinski definition) is 1. The average Bonchev–Trinajstić information content (AvgIpc) is 2.91. The number of rotatable bonds is 4. The Balaban J connectivity index is 2.33. The van der Waals surface area contributed by atoms with Crippen molar-refractivity contribution in [3.8, 4) is 0 Å². The van der Waals surface area contributed by atoms with Crippen LogP contribution in [0.2, 0.25) is 5.02 Å². The van der Waals surface area contributed by atoms with Crippen molar-refractivity contribution < 1.29 is 27.9 Å². The van der Waals surface area contributed by atoms with Crippen molar-refractivity contribution in [2.45, 2.75) is 18.2 Å². The van der Waals surface area contributed by atoms with Crippen LogP contribution in [0.5, 0.6) is 0 Å². The number of ether oxygens (including phenoxy) is 1. The molecule has 1 aromatic carbocycles. The fourth-order valence-electron chi connectivity index (χ4n) is 2.38. The highest BCUT2D eigenvalue weighted by Crippen LogP contribution is 2.34. The minimum atomic E-state index is -3.88. The van der Waals surface area contributed by atoms with Crippen molar-refractivity contribution in [3.05, 3.63) is 28.8 Å². The molecule has 0 aliphatic carbocycles. The molecule has 9 heteroatoms. The van der Waals surface area contributed by atoms with Crippen molar-refractivity contribution in [1.29, 1.82) is 0 Å². The molecule has 0 saturated carbocycles. The number of nitrogens with zero attached hydrogens (tertiary/aromatic N) is 1. The highest BCUT2D eigenvalue weighted by Gasteiger charge is 2.45. The third-order valence-electron chi connectivity index (χ3n) is 3.94. The Labute approximate surface area is 138 Å². The second kappa shape index (κ2) is 6.10. The SMILES string of the molecule is COC(=O)c1ccc(S(=O)(=O)N2CCC(C)(C(=O)O)C2)cc1Cl. The summed E-state index contributed by atoms with van der Waals surface area (Å²) in [6.07, 6.45) is 0.232. The Morgan fingerprint density at radius 1 is 1.39 bits per heavy atom. The number of sulfonamides is 1. The largest absolute Gasteiger partial charge is 0.481 e. The minimum absolute atomic E-state index is 0.0434. The van der Waals surface area contributed by atoms with Gasteiger partial charge in [-0.25, -0.2) is 13.2 Å². The molecule has 1 N–H and O–H groups in total. The monoisotopic (exact) mass is 361 g/mol. The number of carbonyl (C=O) groups is 2. The standard InChI is InChI=1S/C14H16ClNO6S/c1-14(13(18)19)5-6-16(8-14)23(20,21)9-3-4-10(11(15)7-9)12(17)22-2/h3-4,7H,5-6,8H2,1-2H3,(H,18,19). The summed E-state index contributed by atoms with van der Waals surface area (Å²) in [6, 6.07) is 3.69. The summed E-state index contributed by atoms with van der Waals surface area (Å²) in [7, 11) is -2.69. The predicted molar refractivity (Wildman–Crippen MR) is 81.9 cm³/mol. The summed E-state index contributed by atoms with van der Waals surface area (Å²) in [5, 5.41) is 9.16. The maximum absolute atomic E-state index is 12.6. The Morgan fingerprint density at radius 3 is 2.52 bits per heavy atom. The molecule has 23 heavy (non-hydrogen) atoms. The lowest BCUT2D eigenvalue weighted by Gasteiger charge is -2.20. The van der Waals surface area contributed by atoms with Gasteiger partial charge in [-0.3, -0.25) is 4.79 Å². The number of carbonyl (C=O) groups excluding carboxylic acids is 1. The number of carboxylic acid groups (broad SMARTS) is 1. The second-order valence-electron chi connectivity index (χ2n) is 5.59. The van der Waals surface area contributed by atoms with Gasteiger partial charge in [0.1, 0.15) is 0 Å². The van der Waals surface area contributed by atoms with Crippen LogP contribution in [0.1, 0.15) is 23.7 Å². The van der Waals surface area contributed by atoms with E-state index >= 15 is 0 Å². The highest BCUT2D eigenvalue weighted by atomic mass is 35.5. The molecular weight excluding hydrogens is 346 g/mol. The number of hydrogen-bond acceptors (Lipinski definition) is 5. The highest BCUT2D eigenvalue weighted by molar-refractivity contribution is 7.89. The van der Waals surface area contributed by atoms with Crippen LogP contribution in [-0.2, 0) is 19.6 Å². The van der Waals surface area contributed by atoms with Crippen molar-refractivity contribution in [3.63, 3.8) is 0 Å². The summed E-state index contributed by atoms with van der Waals surface area (Å²) < 4.78 is 30.9. The van der Waals surface area contributed by atoms with Crippen LogP contribution < -0.4 is 0 Å². The Kier molecular flexibility index (Phi) is 4.70. The molecule has 1 aromatic rings. The average molecular weight is 362 g/mol. The first-order chi connectivity index (χ1) is 10.6. The number of aliphatic carboxylic acids is 1. The van der Waals surface area contributed by atoms with E-state index in [0.717, 1.165) is 4.31 Å². The molecule has 126 valence electrons. The van der Waals surface area contributed by atoms with E-state index in [9.17, 15) is 23.1 Å². The minimum Gasteiger partial charge on any atom is -0.481 e. The third kappa shape index (κ3) is 3.19. The fourth-order valence-corrected chi connectivity index (χ4v) is 4.29. The lowest BCUT2D eigenvalue weighted by atomic mass is 9.90. The fraction of sp³-hybridized carbons (Fsp3) is 0.429. The molecule has 1 atom stereocenters. The molecule has 1 aliphatic heterocycles. The second-order valence-corrected chi connectivity index (χ2v) is 7.93. The molecular formula is C14H16ClNO6S. The molecule has 1 heterocycles. The van der Waals surface area contributed by atoms with Crippen LogP contribution >= 0.6 is 11.6 Å².